The van der Waals surface area contributed by atoms with Gasteiger partial charge in [0.15, 0.2) is 17.3 Å². The third-order valence-corrected chi connectivity index (χ3v) is 5.08. The molecule has 9 heteroatoms. The molecule has 0 spiro atoms. The Bertz CT molecular complexity index is 1040. The van der Waals surface area contributed by atoms with Crippen LogP contribution in [0.15, 0.2) is 24.5 Å². The molecule has 1 amide bonds. The number of amides is 1. The monoisotopic (exact) mass is 382 g/mol. The molecule has 0 radical (unpaired) electrons. The van der Waals surface area contributed by atoms with Crippen LogP contribution in [0.1, 0.15) is 21.6 Å². The minimum Gasteiger partial charge on any atom is -0.493 e. The Labute approximate surface area is 162 Å². The van der Waals surface area contributed by atoms with E-state index in [0.717, 1.165) is 23.4 Å². The number of nitrogens with zero attached hydrogens (tertiary/aromatic N) is 6. The largest absolute Gasteiger partial charge is 0.493 e. The van der Waals surface area contributed by atoms with Crippen LogP contribution in [0.25, 0.3) is 11.5 Å². The number of hydrogen-bond acceptors (Lipinski definition) is 6. The molecule has 0 N–H and O–H groups in total. The number of aryl methyl sites for hydroxylation is 2. The zero-order valence-electron chi connectivity index (χ0n) is 16.3. The Morgan fingerprint density at radius 2 is 1.93 bits per heavy atom. The molecular formula is C19H22N6O3. The molecule has 0 atom stereocenters. The predicted molar refractivity (Wildman–Crippen MR) is 101 cm³/mol. The molecule has 1 aromatic carbocycles. The smallest absolute Gasteiger partial charge is 0.254 e. The first-order chi connectivity index (χ1) is 13.5. The number of carbonyl (C=O) groups excluding carboxylic acids is 1. The fraction of sp³-hybridized carbons (Fsp3) is 0.368. The SMILES string of the molecule is COc1ccc(C(=O)N2CCc3c(c(-c4nncn4C)nn3C)C2)cc1OC. The van der Waals surface area contributed by atoms with E-state index in [1.807, 2.05) is 28.2 Å². The lowest BCUT2D eigenvalue weighted by Gasteiger charge is -2.28. The maximum absolute atomic E-state index is 13.1. The van der Waals surface area contributed by atoms with Crippen molar-refractivity contribution in [2.24, 2.45) is 14.1 Å². The van der Waals surface area contributed by atoms with E-state index in [4.69, 9.17) is 9.47 Å². The lowest BCUT2D eigenvalue weighted by molar-refractivity contribution is 0.0733. The molecule has 0 aliphatic carbocycles. The molecule has 1 aliphatic heterocycles. The summed E-state index contributed by atoms with van der Waals surface area (Å²) in [6, 6.07) is 5.21. The molecule has 0 bridgehead atoms. The number of aromatic nitrogens is 5. The van der Waals surface area contributed by atoms with Gasteiger partial charge < -0.3 is 18.9 Å². The number of carbonyl (C=O) groups is 1. The quantitative estimate of drug-likeness (QED) is 0.678. The number of rotatable bonds is 4. The minimum atomic E-state index is -0.0561. The third-order valence-electron chi connectivity index (χ3n) is 5.08. The van der Waals surface area contributed by atoms with Gasteiger partial charge in [0.25, 0.3) is 5.91 Å². The Morgan fingerprint density at radius 3 is 2.61 bits per heavy atom. The second-order valence-corrected chi connectivity index (χ2v) is 6.71. The van der Waals surface area contributed by atoms with Crippen LogP contribution in [-0.4, -0.2) is 56.1 Å². The summed E-state index contributed by atoms with van der Waals surface area (Å²) in [6.07, 6.45) is 2.38. The van der Waals surface area contributed by atoms with Crippen LogP contribution in [0.4, 0.5) is 0 Å². The molecular weight excluding hydrogens is 360 g/mol. The lowest BCUT2D eigenvalue weighted by atomic mass is 10.0. The van der Waals surface area contributed by atoms with Crippen LogP contribution in [-0.2, 0) is 27.1 Å². The Kier molecular flexibility index (Phi) is 4.50. The van der Waals surface area contributed by atoms with E-state index in [9.17, 15) is 4.79 Å². The molecule has 3 heterocycles. The van der Waals surface area contributed by atoms with Crippen molar-refractivity contribution >= 4 is 5.91 Å². The van der Waals surface area contributed by atoms with Gasteiger partial charge in [-0.05, 0) is 18.2 Å². The van der Waals surface area contributed by atoms with Gasteiger partial charge in [-0.1, -0.05) is 0 Å². The number of ether oxygens (including phenoxy) is 2. The highest BCUT2D eigenvalue weighted by Gasteiger charge is 2.29. The molecule has 9 nitrogen and oxygen atoms in total. The summed E-state index contributed by atoms with van der Waals surface area (Å²) < 4.78 is 14.3. The highest BCUT2D eigenvalue weighted by molar-refractivity contribution is 5.95. The number of hydrogen-bond donors (Lipinski definition) is 0. The van der Waals surface area contributed by atoms with Gasteiger partial charge in [-0.3, -0.25) is 9.48 Å². The number of methoxy groups -OCH3 is 2. The summed E-state index contributed by atoms with van der Waals surface area (Å²) in [5, 5.41) is 12.8. The van der Waals surface area contributed by atoms with Crippen molar-refractivity contribution < 1.29 is 14.3 Å². The first-order valence-corrected chi connectivity index (χ1v) is 8.94. The van der Waals surface area contributed by atoms with Crippen molar-refractivity contribution in [2.75, 3.05) is 20.8 Å². The summed E-state index contributed by atoms with van der Waals surface area (Å²) in [4.78, 5) is 14.9. The molecule has 4 rings (SSSR count). The molecule has 146 valence electrons. The van der Waals surface area contributed by atoms with E-state index in [1.54, 1.807) is 38.7 Å². The average molecular weight is 382 g/mol. The molecule has 0 fully saturated rings. The first kappa shape index (κ1) is 18.0. The molecule has 28 heavy (non-hydrogen) atoms. The molecule has 2 aromatic heterocycles. The fourth-order valence-corrected chi connectivity index (χ4v) is 3.59. The molecule has 0 saturated carbocycles. The van der Waals surface area contributed by atoms with E-state index < -0.39 is 0 Å². The summed E-state index contributed by atoms with van der Waals surface area (Å²) in [5.41, 5.74) is 3.46. The van der Waals surface area contributed by atoms with Gasteiger partial charge in [-0.15, -0.1) is 10.2 Å². The van der Waals surface area contributed by atoms with Crippen molar-refractivity contribution in [3.8, 4) is 23.0 Å². The average Bonchev–Trinajstić information content (AvgIpc) is 3.29. The van der Waals surface area contributed by atoms with Gasteiger partial charge in [-0.25, -0.2) is 0 Å². The molecule has 0 unspecified atom stereocenters. The predicted octanol–water partition coefficient (Wildman–Crippen LogP) is 1.43. The van der Waals surface area contributed by atoms with Gasteiger partial charge in [0.05, 0.1) is 20.8 Å². The van der Waals surface area contributed by atoms with Crippen LogP contribution in [0, 0.1) is 0 Å². The maximum Gasteiger partial charge on any atom is 0.254 e. The van der Waals surface area contributed by atoms with Crippen molar-refractivity contribution in [1.29, 1.82) is 0 Å². The summed E-state index contributed by atoms with van der Waals surface area (Å²) >= 11 is 0. The van der Waals surface area contributed by atoms with Gasteiger partial charge in [0.2, 0.25) is 0 Å². The summed E-state index contributed by atoms with van der Waals surface area (Å²) in [6.45, 7) is 1.09. The van der Waals surface area contributed by atoms with Crippen LogP contribution < -0.4 is 9.47 Å². The Morgan fingerprint density at radius 1 is 1.14 bits per heavy atom. The molecule has 3 aromatic rings. The summed E-state index contributed by atoms with van der Waals surface area (Å²) in [7, 11) is 6.93. The summed E-state index contributed by atoms with van der Waals surface area (Å²) in [5.74, 6) is 1.76. The highest BCUT2D eigenvalue weighted by Crippen LogP contribution is 2.31. The highest BCUT2D eigenvalue weighted by atomic mass is 16.5. The van der Waals surface area contributed by atoms with Crippen LogP contribution in [0.3, 0.4) is 0 Å². The van der Waals surface area contributed by atoms with Crippen molar-refractivity contribution in [1.82, 2.24) is 29.4 Å². The fourth-order valence-electron chi connectivity index (χ4n) is 3.59. The molecule has 0 saturated heterocycles. The van der Waals surface area contributed by atoms with Gasteiger partial charge in [-0.2, -0.15) is 5.10 Å². The van der Waals surface area contributed by atoms with Crippen molar-refractivity contribution in [2.45, 2.75) is 13.0 Å². The van der Waals surface area contributed by atoms with E-state index in [-0.39, 0.29) is 5.91 Å². The zero-order valence-corrected chi connectivity index (χ0v) is 16.3. The number of benzene rings is 1. The Hall–Kier alpha value is -3.36. The van der Waals surface area contributed by atoms with Crippen molar-refractivity contribution in [3.63, 3.8) is 0 Å². The van der Waals surface area contributed by atoms with E-state index in [2.05, 4.69) is 15.3 Å². The topological polar surface area (TPSA) is 87.3 Å². The maximum atomic E-state index is 13.1. The van der Waals surface area contributed by atoms with Crippen LogP contribution >= 0.6 is 0 Å². The van der Waals surface area contributed by atoms with Gasteiger partial charge in [0, 0.05) is 43.9 Å². The van der Waals surface area contributed by atoms with Crippen molar-refractivity contribution in [3.05, 3.63) is 41.3 Å². The minimum absolute atomic E-state index is 0.0561. The second kappa shape index (κ2) is 6.99. The first-order valence-electron chi connectivity index (χ1n) is 8.94. The van der Waals surface area contributed by atoms with E-state index in [0.29, 0.717) is 36.0 Å². The van der Waals surface area contributed by atoms with Gasteiger partial charge >= 0.3 is 0 Å². The van der Waals surface area contributed by atoms with E-state index in [1.165, 1.54) is 0 Å². The standard InChI is InChI=1S/C19H22N6O3/c1-23-11-20-21-18(23)17-13-10-25(8-7-14(13)24(2)22-17)19(26)12-5-6-15(27-3)16(9-12)28-4/h5-6,9,11H,7-8,10H2,1-4H3. The second-order valence-electron chi connectivity index (χ2n) is 6.71. The van der Waals surface area contributed by atoms with Gasteiger partial charge in [0.1, 0.15) is 12.0 Å². The van der Waals surface area contributed by atoms with Crippen LogP contribution in [0.2, 0.25) is 0 Å². The lowest BCUT2D eigenvalue weighted by Crippen LogP contribution is -2.36. The Balaban J connectivity index is 1.66. The van der Waals surface area contributed by atoms with E-state index >= 15 is 0 Å². The van der Waals surface area contributed by atoms with Crippen LogP contribution in [0.5, 0.6) is 11.5 Å². The number of fused-ring (bicyclic) bond motifs is 1. The zero-order chi connectivity index (χ0) is 19.8. The third kappa shape index (κ3) is 2.88. The normalized spacial score (nSPS) is 13.4. The molecule has 1 aliphatic rings.